The van der Waals surface area contributed by atoms with Crippen molar-refractivity contribution in [1.82, 2.24) is 9.55 Å². The van der Waals surface area contributed by atoms with Crippen LogP contribution in [0.1, 0.15) is 38.8 Å². The lowest BCUT2D eigenvalue weighted by molar-refractivity contribution is -0.0994. The van der Waals surface area contributed by atoms with Gasteiger partial charge in [0.15, 0.2) is 6.23 Å². The number of carbonyl (C=O) groups is 1. The molecule has 0 saturated carbocycles. The van der Waals surface area contributed by atoms with Crippen LogP contribution in [0.2, 0.25) is 0 Å². The second-order valence-electron chi connectivity index (χ2n) is 12.5. The number of amides is 1. The molecule has 1 aromatic heterocycles. The molecule has 1 fully saturated rings. The van der Waals surface area contributed by atoms with E-state index in [2.05, 4.69) is 10.3 Å². The van der Waals surface area contributed by atoms with Gasteiger partial charge in [-0.1, -0.05) is 72.8 Å². The first kappa shape index (κ1) is 37.4. The van der Waals surface area contributed by atoms with Gasteiger partial charge in [0, 0.05) is 24.4 Å². The Labute approximate surface area is 307 Å². The Morgan fingerprint density at radius 3 is 1.96 bits per heavy atom. The number of aromatic nitrogens is 2. The third-order valence-electron chi connectivity index (χ3n) is 9.22. The van der Waals surface area contributed by atoms with Gasteiger partial charge in [0.1, 0.15) is 41.2 Å². The summed E-state index contributed by atoms with van der Waals surface area (Å²) in [6, 6.07) is 33.6. The fraction of sp³-hybridized carbons (Fsp3) is 0.293. The maximum atomic E-state index is 13.6. The highest BCUT2D eigenvalue weighted by atomic mass is 16.6. The molecule has 1 amide bonds. The van der Waals surface area contributed by atoms with E-state index in [1.165, 1.54) is 10.8 Å². The average molecular weight is 722 g/mol. The summed E-state index contributed by atoms with van der Waals surface area (Å²) in [7, 11) is 4.76. The fourth-order valence-corrected chi connectivity index (χ4v) is 6.45. The number of carbonyl (C=O) groups excluding carboxylic acids is 1. The van der Waals surface area contributed by atoms with Crippen molar-refractivity contribution < 1.29 is 38.3 Å². The van der Waals surface area contributed by atoms with Crippen LogP contribution in [0.25, 0.3) is 0 Å². The van der Waals surface area contributed by atoms with Gasteiger partial charge in [0.25, 0.3) is 5.91 Å². The van der Waals surface area contributed by atoms with Crippen molar-refractivity contribution in [3.8, 4) is 11.5 Å². The minimum atomic E-state index is -1.22. The molecule has 1 saturated heterocycles. The number of hydrogen-bond acceptors (Lipinski definition) is 10. The van der Waals surface area contributed by atoms with Crippen molar-refractivity contribution >= 4 is 11.7 Å². The zero-order chi connectivity index (χ0) is 37.4. The number of anilines is 1. The first-order chi connectivity index (χ1) is 25.8. The maximum absolute atomic E-state index is 13.6. The zero-order valence-electron chi connectivity index (χ0n) is 30.0. The van der Waals surface area contributed by atoms with Gasteiger partial charge in [0.2, 0.25) is 0 Å². The predicted molar refractivity (Wildman–Crippen MR) is 197 cm³/mol. The molecule has 4 aromatic carbocycles. The summed E-state index contributed by atoms with van der Waals surface area (Å²) in [5, 5.41) is 14.5. The van der Waals surface area contributed by atoms with E-state index in [4.69, 9.17) is 28.4 Å². The van der Waals surface area contributed by atoms with Crippen LogP contribution < -0.4 is 20.5 Å². The van der Waals surface area contributed by atoms with Crippen LogP contribution in [0.3, 0.4) is 0 Å². The number of aryl methyl sites for hydroxylation is 1. The van der Waals surface area contributed by atoms with Crippen molar-refractivity contribution in [2.75, 3.05) is 46.5 Å². The predicted octanol–water partition coefficient (Wildman–Crippen LogP) is 5.12. The van der Waals surface area contributed by atoms with Crippen molar-refractivity contribution in [1.29, 1.82) is 0 Å². The van der Waals surface area contributed by atoms with Gasteiger partial charge < -0.3 is 38.8 Å². The SMILES string of the molecule is COCCO[C@@H]1[C@H](O)[C@H](COC(c2ccccc2)(c2ccc(OC)cc2)c2ccc(OC)cc2)O[C@@H]1n1cc(C)c(NC(=O)c2ccccc2)nc1=O. The summed E-state index contributed by atoms with van der Waals surface area (Å²) in [4.78, 5) is 30.6. The summed E-state index contributed by atoms with van der Waals surface area (Å²) in [5.74, 6) is 1.07. The smallest absolute Gasteiger partial charge is 0.351 e. The molecule has 53 heavy (non-hydrogen) atoms. The molecule has 0 spiro atoms. The summed E-state index contributed by atoms with van der Waals surface area (Å²) < 4.78 is 37.0. The quantitative estimate of drug-likeness (QED) is 0.111. The van der Waals surface area contributed by atoms with E-state index in [1.807, 2.05) is 78.9 Å². The highest BCUT2D eigenvalue weighted by Gasteiger charge is 2.48. The Morgan fingerprint density at radius 1 is 0.830 bits per heavy atom. The largest absolute Gasteiger partial charge is 0.497 e. The normalized spacial score (nSPS) is 18.4. The number of nitrogens with one attached hydrogen (secondary N) is 1. The molecular weight excluding hydrogens is 678 g/mol. The summed E-state index contributed by atoms with van der Waals surface area (Å²) >= 11 is 0. The van der Waals surface area contributed by atoms with Gasteiger partial charge in [-0.15, -0.1) is 0 Å². The molecule has 276 valence electrons. The Kier molecular flexibility index (Phi) is 12.0. The topological polar surface area (TPSA) is 140 Å². The fourth-order valence-electron chi connectivity index (χ4n) is 6.45. The van der Waals surface area contributed by atoms with E-state index in [-0.39, 0.29) is 25.6 Å². The number of rotatable bonds is 15. The Morgan fingerprint density at radius 2 is 1.40 bits per heavy atom. The van der Waals surface area contributed by atoms with Gasteiger partial charge in [-0.05, 0) is 60.0 Å². The van der Waals surface area contributed by atoms with Crippen molar-refractivity contribution in [2.24, 2.45) is 0 Å². The van der Waals surface area contributed by atoms with Crippen LogP contribution in [-0.4, -0.2) is 80.0 Å². The summed E-state index contributed by atoms with van der Waals surface area (Å²) in [6.45, 7) is 1.98. The van der Waals surface area contributed by atoms with Gasteiger partial charge in [-0.2, -0.15) is 4.98 Å². The number of benzene rings is 4. The molecular formula is C41H43N3O9. The summed E-state index contributed by atoms with van der Waals surface area (Å²) in [5.41, 5.74) is 1.48. The number of methoxy groups -OCH3 is 3. The Hall–Kier alpha value is -5.37. The molecule has 2 heterocycles. The van der Waals surface area contributed by atoms with Crippen molar-refractivity contribution in [3.05, 3.63) is 154 Å². The van der Waals surface area contributed by atoms with E-state index >= 15 is 0 Å². The van der Waals surface area contributed by atoms with E-state index < -0.39 is 41.7 Å². The van der Waals surface area contributed by atoms with Gasteiger partial charge in [-0.3, -0.25) is 9.36 Å². The average Bonchev–Trinajstić information content (AvgIpc) is 3.51. The molecule has 1 aliphatic heterocycles. The van der Waals surface area contributed by atoms with Crippen LogP contribution in [-0.2, 0) is 24.5 Å². The molecule has 0 radical (unpaired) electrons. The lowest BCUT2D eigenvalue weighted by Gasteiger charge is -2.37. The highest BCUT2D eigenvalue weighted by Crippen LogP contribution is 2.43. The lowest BCUT2D eigenvalue weighted by atomic mass is 9.80. The van der Waals surface area contributed by atoms with E-state index in [9.17, 15) is 14.7 Å². The molecule has 2 N–H and O–H groups in total. The Balaban J connectivity index is 1.35. The van der Waals surface area contributed by atoms with Crippen molar-refractivity contribution in [2.45, 2.75) is 37.1 Å². The van der Waals surface area contributed by atoms with Gasteiger partial charge in [0.05, 0.1) is 34.0 Å². The number of ether oxygens (including phenoxy) is 6. The van der Waals surface area contributed by atoms with Gasteiger partial charge in [-0.25, -0.2) is 4.79 Å². The maximum Gasteiger partial charge on any atom is 0.351 e. The first-order valence-electron chi connectivity index (χ1n) is 17.2. The zero-order valence-corrected chi connectivity index (χ0v) is 30.0. The number of aliphatic hydroxyl groups is 1. The molecule has 5 aromatic rings. The number of hydrogen-bond donors (Lipinski definition) is 2. The molecule has 12 nitrogen and oxygen atoms in total. The second-order valence-corrected chi connectivity index (χ2v) is 12.5. The lowest BCUT2D eigenvalue weighted by Crippen LogP contribution is -2.41. The molecule has 0 bridgehead atoms. The van der Waals surface area contributed by atoms with Crippen molar-refractivity contribution in [3.63, 3.8) is 0 Å². The summed E-state index contributed by atoms with van der Waals surface area (Å²) in [6.07, 6.45) is -2.71. The van der Waals surface area contributed by atoms with E-state index in [1.54, 1.807) is 58.6 Å². The standard InChI is InChI=1S/C41H43N3O9/c1-27-25-44(40(47)43-37(27)42-38(46)28-11-7-5-8-12-28)39-36(51-24-23-48-2)35(45)34(53-39)26-52-41(29-13-9-6-10-14-29,30-15-19-32(49-3)20-16-30)31-17-21-33(50-4)22-18-31/h5-22,25,34-36,39,45H,23-24,26H2,1-4H3,(H,42,43,46,47)/t34-,35+,36+,39-/m0/s1. The van der Waals surface area contributed by atoms with Crippen LogP contribution in [0.5, 0.6) is 11.5 Å². The molecule has 0 aliphatic carbocycles. The minimum Gasteiger partial charge on any atom is -0.497 e. The first-order valence-corrected chi connectivity index (χ1v) is 17.2. The van der Waals surface area contributed by atoms with Gasteiger partial charge >= 0.3 is 5.69 Å². The van der Waals surface area contributed by atoms with Crippen LogP contribution in [0.15, 0.2) is 120 Å². The molecule has 6 rings (SSSR count). The number of nitrogens with zero attached hydrogens (tertiary/aromatic N) is 2. The minimum absolute atomic E-state index is 0.110. The monoisotopic (exact) mass is 721 g/mol. The van der Waals surface area contributed by atoms with E-state index in [0.29, 0.717) is 22.6 Å². The highest BCUT2D eigenvalue weighted by molar-refractivity contribution is 6.04. The van der Waals surface area contributed by atoms with Crippen LogP contribution >= 0.6 is 0 Å². The molecule has 12 heteroatoms. The number of aliphatic hydroxyl groups excluding tert-OH is 1. The molecule has 1 aliphatic rings. The van der Waals surface area contributed by atoms with Crippen LogP contribution in [0, 0.1) is 6.92 Å². The third kappa shape index (κ3) is 8.02. The van der Waals surface area contributed by atoms with Crippen LogP contribution in [0.4, 0.5) is 5.82 Å². The Bertz CT molecular complexity index is 1960. The second kappa shape index (κ2) is 17.0. The third-order valence-corrected chi connectivity index (χ3v) is 9.22. The van der Waals surface area contributed by atoms with E-state index in [0.717, 1.165) is 16.7 Å². The molecule has 0 unspecified atom stereocenters. The molecule has 4 atom stereocenters.